The minimum absolute atomic E-state index is 0.377. The average molecular weight is 417 g/mol. The second-order valence-corrected chi connectivity index (χ2v) is 7.97. The Bertz CT molecular complexity index is 1140. The lowest BCUT2D eigenvalue weighted by Gasteiger charge is -2.13. The fourth-order valence-corrected chi connectivity index (χ4v) is 3.98. The van der Waals surface area contributed by atoms with Gasteiger partial charge < -0.3 is 10.1 Å². The molecule has 150 valence electrons. The van der Waals surface area contributed by atoms with E-state index in [2.05, 4.69) is 16.4 Å². The Morgan fingerprint density at radius 2 is 1.67 bits per heavy atom. The third-order valence-corrected chi connectivity index (χ3v) is 5.61. The SMILES string of the molecule is C[C@H](OC(=O)c1ccccc1)C(=O)Nc1ccc(Cc2nc3ccccc3s2)cc1. The van der Waals surface area contributed by atoms with Crippen molar-refractivity contribution in [3.05, 3.63) is 95.0 Å². The number of carbonyl (C=O) groups excluding carboxylic acids is 2. The van der Waals surface area contributed by atoms with Gasteiger partial charge in [0.1, 0.15) is 0 Å². The lowest BCUT2D eigenvalue weighted by atomic mass is 10.1. The first-order chi connectivity index (χ1) is 14.6. The minimum atomic E-state index is -0.903. The van der Waals surface area contributed by atoms with Crippen molar-refractivity contribution in [3.8, 4) is 0 Å². The molecule has 1 atom stereocenters. The first kappa shape index (κ1) is 19.8. The van der Waals surface area contributed by atoms with Crippen LogP contribution in [0.2, 0.25) is 0 Å². The predicted octanol–water partition coefficient (Wildman–Crippen LogP) is 5.07. The number of rotatable bonds is 6. The van der Waals surface area contributed by atoms with Gasteiger partial charge in [0.25, 0.3) is 5.91 Å². The summed E-state index contributed by atoms with van der Waals surface area (Å²) in [4.78, 5) is 29.1. The fraction of sp³-hybridized carbons (Fsp3) is 0.125. The van der Waals surface area contributed by atoms with Gasteiger partial charge in [-0.05, 0) is 48.9 Å². The summed E-state index contributed by atoms with van der Waals surface area (Å²) in [6.07, 6.45) is -0.168. The minimum Gasteiger partial charge on any atom is -0.449 e. The molecule has 1 heterocycles. The number of nitrogens with one attached hydrogen (secondary N) is 1. The van der Waals surface area contributed by atoms with Crippen LogP contribution in [0.25, 0.3) is 10.2 Å². The Morgan fingerprint density at radius 3 is 2.40 bits per heavy atom. The molecule has 4 aromatic rings. The van der Waals surface area contributed by atoms with E-state index in [0.717, 1.165) is 22.5 Å². The number of anilines is 1. The number of carbonyl (C=O) groups is 2. The maximum atomic E-state index is 12.4. The van der Waals surface area contributed by atoms with Crippen LogP contribution in [0.15, 0.2) is 78.9 Å². The van der Waals surface area contributed by atoms with Gasteiger partial charge >= 0.3 is 5.97 Å². The van der Waals surface area contributed by atoms with Gasteiger partial charge in [-0.3, -0.25) is 4.79 Å². The molecule has 1 aromatic heterocycles. The predicted molar refractivity (Wildman–Crippen MR) is 119 cm³/mol. The van der Waals surface area contributed by atoms with E-state index < -0.39 is 12.1 Å². The maximum Gasteiger partial charge on any atom is 0.338 e. The number of benzene rings is 3. The monoisotopic (exact) mass is 416 g/mol. The summed E-state index contributed by atoms with van der Waals surface area (Å²) in [7, 11) is 0. The molecule has 30 heavy (non-hydrogen) atoms. The van der Waals surface area contributed by atoms with E-state index in [1.54, 1.807) is 42.5 Å². The number of esters is 1. The van der Waals surface area contributed by atoms with Gasteiger partial charge in [-0.15, -0.1) is 11.3 Å². The van der Waals surface area contributed by atoms with Crippen LogP contribution < -0.4 is 5.32 Å². The Kier molecular flexibility index (Phi) is 5.86. The van der Waals surface area contributed by atoms with E-state index in [-0.39, 0.29) is 5.91 Å². The number of amides is 1. The number of aromatic nitrogens is 1. The van der Waals surface area contributed by atoms with Crippen molar-refractivity contribution >= 4 is 39.1 Å². The number of fused-ring (bicyclic) bond motifs is 1. The molecule has 0 aliphatic carbocycles. The number of ether oxygens (including phenoxy) is 1. The Morgan fingerprint density at radius 1 is 0.967 bits per heavy atom. The van der Waals surface area contributed by atoms with Crippen LogP contribution >= 0.6 is 11.3 Å². The third-order valence-electron chi connectivity index (χ3n) is 4.58. The average Bonchev–Trinajstić information content (AvgIpc) is 3.18. The molecule has 0 bridgehead atoms. The van der Waals surface area contributed by atoms with Crippen molar-refractivity contribution in [2.45, 2.75) is 19.4 Å². The van der Waals surface area contributed by atoms with Crippen LogP contribution in [-0.4, -0.2) is 23.0 Å². The van der Waals surface area contributed by atoms with Crippen LogP contribution in [0.3, 0.4) is 0 Å². The van der Waals surface area contributed by atoms with Crippen molar-refractivity contribution in [2.75, 3.05) is 5.32 Å². The Balaban J connectivity index is 1.34. The van der Waals surface area contributed by atoms with E-state index in [1.165, 1.54) is 4.70 Å². The van der Waals surface area contributed by atoms with Crippen LogP contribution in [0, 0.1) is 0 Å². The summed E-state index contributed by atoms with van der Waals surface area (Å²) >= 11 is 1.69. The molecule has 1 amide bonds. The van der Waals surface area contributed by atoms with Gasteiger partial charge in [0.2, 0.25) is 0 Å². The van der Waals surface area contributed by atoms with Crippen molar-refractivity contribution in [3.63, 3.8) is 0 Å². The molecular formula is C24H20N2O3S. The maximum absolute atomic E-state index is 12.4. The molecule has 5 nitrogen and oxygen atoms in total. The summed E-state index contributed by atoms with van der Waals surface area (Å²) in [6, 6.07) is 24.3. The highest BCUT2D eigenvalue weighted by Crippen LogP contribution is 2.24. The van der Waals surface area contributed by atoms with Crippen molar-refractivity contribution < 1.29 is 14.3 Å². The van der Waals surface area contributed by atoms with E-state index in [4.69, 9.17) is 4.74 Å². The van der Waals surface area contributed by atoms with Gasteiger partial charge in [-0.25, -0.2) is 9.78 Å². The van der Waals surface area contributed by atoms with Crippen molar-refractivity contribution in [2.24, 2.45) is 0 Å². The molecule has 0 spiro atoms. The number of nitrogens with zero attached hydrogens (tertiary/aromatic N) is 1. The topological polar surface area (TPSA) is 68.3 Å². The number of thiazole rings is 1. The van der Waals surface area contributed by atoms with E-state index in [1.807, 2.05) is 48.5 Å². The van der Waals surface area contributed by atoms with Gasteiger partial charge in [-0.2, -0.15) is 0 Å². The normalized spacial score (nSPS) is 11.8. The summed E-state index contributed by atoms with van der Waals surface area (Å²) < 4.78 is 6.42. The van der Waals surface area contributed by atoms with Crippen molar-refractivity contribution in [1.82, 2.24) is 4.98 Å². The second kappa shape index (κ2) is 8.88. The molecule has 0 aliphatic rings. The van der Waals surface area contributed by atoms with Gasteiger partial charge in [-0.1, -0.05) is 42.5 Å². The molecule has 0 saturated heterocycles. The lowest BCUT2D eigenvalue weighted by molar-refractivity contribution is -0.123. The van der Waals surface area contributed by atoms with Gasteiger partial charge in [0.15, 0.2) is 6.10 Å². The molecule has 0 fully saturated rings. The molecule has 0 radical (unpaired) electrons. The van der Waals surface area contributed by atoms with Crippen LogP contribution in [0.1, 0.15) is 27.9 Å². The van der Waals surface area contributed by atoms with Crippen LogP contribution in [0.4, 0.5) is 5.69 Å². The van der Waals surface area contributed by atoms with Crippen molar-refractivity contribution in [1.29, 1.82) is 0 Å². The zero-order valence-corrected chi connectivity index (χ0v) is 17.2. The molecule has 0 aliphatic heterocycles. The van der Waals surface area contributed by atoms with Crippen LogP contribution in [-0.2, 0) is 16.0 Å². The number of hydrogen-bond acceptors (Lipinski definition) is 5. The molecule has 6 heteroatoms. The summed E-state index contributed by atoms with van der Waals surface area (Å²) in [5, 5.41) is 3.83. The lowest BCUT2D eigenvalue weighted by Crippen LogP contribution is -2.30. The number of hydrogen-bond donors (Lipinski definition) is 1. The van der Waals surface area contributed by atoms with E-state index in [0.29, 0.717) is 11.3 Å². The highest BCUT2D eigenvalue weighted by Gasteiger charge is 2.19. The first-order valence-corrected chi connectivity index (χ1v) is 10.4. The second-order valence-electron chi connectivity index (χ2n) is 6.85. The largest absolute Gasteiger partial charge is 0.449 e. The molecule has 0 unspecified atom stereocenters. The molecule has 4 rings (SSSR count). The molecule has 1 N–H and O–H groups in total. The Hall–Kier alpha value is -3.51. The zero-order chi connectivity index (χ0) is 20.9. The summed E-state index contributed by atoms with van der Waals surface area (Å²) in [5.41, 5.74) is 3.18. The van der Waals surface area contributed by atoms with E-state index >= 15 is 0 Å². The van der Waals surface area contributed by atoms with Crippen LogP contribution in [0.5, 0.6) is 0 Å². The number of para-hydroxylation sites is 1. The summed E-state index contributed by atoms with van der Waals surface area (Å²) in [5.74, 6) is -0.900. The summed E-state index contributed by atoms with van der Waals surface area (Å²) in [6.45, 7) is 1.55. The third kappa shape index (κ3) is 4.72. The molecular weight excluding hydrogens is 396 g/mol. The fourth-order valence-electron chi connectivity index (χ4n) is 2.98. The highest BCUT2D eigenvalue weighted by atomic mass is 32.1. The Labute approximate surface area is 178 Å². The smallest absolute Gasteiger partial charge is 0.338 e. The van der Waals surface area contributed by atoms with E-state index in [9.17, 15) is 9.59 Å². The molecule has 3 aromatic carbocycles. The standard InChI is InChI=1S/C24H20N2O3S/c1-16(29-24(28)18-7-3-2-4-8-18)23(27)25-19-13-11-17(12-14-19)15-22-26-20-9-5-6-10-21(20)30-22/h2-14,16H,15H2,1H3,(H,25,27)/t16-/m0/s1. The highest BCUT2D eigenvalue weighted by molar-refractivity contribution is 7.18. The van der Waals surface area contributed by atoms with Gasteiger partial charge in [0.05, 0.1) is 20.8 Å². The van der Waals surface area contributed by atoms with Gasteiger partial charge in [0, 0.05) is 12.1 Å². The molecule has 0 saturated carbocycles. The zero-order valence-electron chi connectivity index (χ0n) is 16.4. The quantitative estimate of drug-likeness (QED) is 0.446. The first-order valence-electron chi connectivity index (χ1n) is 9.59.